The third-order valence-electron chi connectivity index (χ3n) is 1.76. The van der Waals surface area contributed by atoms with E-state index in [2.05, 4.69) is 15.0 Å². The SMILES string of the molecule is O=c1nccc(SCc2cccnc2)[nH]1. The molecule has 0 aliphatic carbocycles. The molecule has 0 unspecified atom stereocenters. The second kappa shape index (κ2) is 4.75. The van der Waals surface area contributed by atoms with Gasteiger partial charge in [-0.2, -0.15) is 0 Å². The van der Waals surface area contributed by atoms with Crippen LogP contribution in [0.3, 0.4) is 0 Å². The number of thioether (sulfide) groups is 1. The number of rotatable bonds is 3. The summed E-state index contributed by atoms with van der Waals surface area (Å²) in [5.41, 5.74) is 0.811. The van der Waals surface area contributed by atoms with Crippen LogP contribution in [0.4, 0.5) is 0 Å². The normalized spacial score (nSPS) is 10.1. The molecule has 0 atom stereocenters. The van der Waals surface area contributed by atoms with Crippen molar-refractivity contribution in [1.82, 2.24) is 15.0 Å². The monoisotopic (exact) mass is 219 g/mol. The van der Waals surface area contributed by atoms with Crippen molar-refractivity contribution in [3.05, 3.63) is 52.8 Å². The number of pyridine rings is 1. The maximum absolute atomic E-state index is 10.9. The fourth-order valence-corrected chi connectivity index (χ4v) is 1.89. The van der Waals surface area contributed by atoms with Gasteiger partial charge in [-0.3, -0.25) is 4.98 Å². The van der Waals surface area contributed by atoms with Gasteiger partial charge in [0, 0.05) is 24.3 Å². The Labute approximate surface area is 90.8 Å². The van der Waals surface area contributed by atoms with E-state index in [0.29, 0.717) is 0 Å². The molecule has 0 saturated heterocycles. The Balaban J connectivity index is 2.02. The van der Waals surface area contributed by atoms with Gasteiger partial charge in [-0.1, -0.05) is 6.07 Å². The van der Waals surface area contributed by atoms with Gasteiger partial charge in [-0.15, -0.1) is 11.8 Å². The first-order chi connectivity index (χ1) is 7.34. The summed E-state index contributed by atoms with van der Waals surface area (Å²) >= 11 is 1.55. The average Bonchev–Trinajstić information content (AvgIpc) is 2.28. The predicted octanol–water partition coefficient (Wildman–Crippen LogP) is 1.46. The van der Waals surface area contributed by atoms with Crippen molar-refractivity contribution in [3.63, 3.8) is 0 Å². The van der Waals surface area contributed by atoms with Crippen LogP contribution in [0.1, 0.15) is 5.56 Å². The Bertz CT molecular complexity index is 483. The minimum absolute atomic E-state index is 0.314. The largest absolute Gasteiger partial charge is 0.345 e. The molecule has 0 aliphatic heterocycles. The van der Waals surface area contributed by atoms with E-state index < -0.39 is 0 Å². The van der Waals surface area contributed by atoms with E-state index in [4.69, 9.17) is 0 Å². The molecule has 0 radical (unpaired) electrons. The highest BCUT2D eigenvalue weighted by molar-refractivity contribution is 7.98. The summed E-state index contributed by atoms with van der Waals surface area (Å²) in [5.74, 6) is 0.786. The van der Waals surface area contributed by atoms with E-state index in [1.165, 1.54) is 6.20 Å². The summed E-state index contributed by atoms with van der Waals surface area (Å²) in [6.07, 6.45) is 5.05. The molecule has 1 N–H and O–H groups in total. The van der Waals surface area contributed by atoms with Crippen molar-refractivity contribution in [2.24, 2.45) is 0 Å². The minimum atomic E-state index is -0.314. The van der Waals surface area contributed by atoms with Gasteiger partial charge in [0.2, 0.25) is 0 Å². The zero-order valence-corrected chi connectivity index (χ0v) is 8.70. The molecule has 0 spiro atoms. The highest BCUT2D eigenvalue weighted by Gasteiger charge is 1.96. The maximum Gasteiger partial charge on any atom is 0.345 e. The Kier molecular flexibility index (Phi) is 3.14. The minimum Gasteiger partial charge on any atom is -0.300 e. The number of H-pyrrole nitrogens is 1. The summed E-state index contributed by atoms with van der Waals surface area (Å²) in [6.45, 7) is 0. The summed E-state index contributed by atoms with van der Waals surface area (Å²) in [4.78, 5) is 21.1. The Hall–Kier alpha value is -1.62. The summed E-state index contributed by atoms with van der Waals surface area (Å²) in [6, 6.07) is 5.67. The van der Waals surface area contributed by atoms with E-state index in [1.54, 1.807) is 24.0 Å². The van der Waals surface area contributed by atoms with Gasteiger partial charge in [0.15, 0.2) is 0 Å². The van der Waals surface area contributed by atoms with Gasteiger partial charge in [0.05, 0.1) is 5.03 Å². The van der Waals surface area contributed by atoms with E-state index >= 15 is 0 Å². The molecule has 0 amide bonds. The highest BCUT2D eigenvalue weighted by atomic mass is 32.2. The maximum atomic E-state index is 10.9. The van der Waals surface area contributed by atoms with Crippen LogP contribution in [-0.4, -0.2) is 15.0 Å². The average molecular weight is 219 g/mol. The van der Waals surface area contributed by atoms with Crippen LogP contribution in [-0.2, 0) is 5.75 Å². The summed E-state index contributed by atoms with van der Waals surface area (Å²) in [7, 11) is 0. The fourth-order valence-electron chi connectivity index (χ4n) is 1.08. The third kappa shape index (κ3) is 2.92. The number of hydrogen-bond donors (Lipinski definition) is 1. The number of aromatic nitrogens is 3. The molecule has 0 aliphatic rings. The highest BCUT2D eigenvalue weighted by Crippen LogP contribution is 2.18. The van der Waals surface area contributed by atoms with Gasteiger partial charge >= 0.3 is 5.69 Å². The van der Waals surface area contributed by atoms with Gasteiger partial charge in [-0.25, -0.2) is 9.78 Å². The summed E-state index contributed by atoms with van der Waals surface area (Å²) in [5, 5.41) is 0.818. The van der Waals surface area contributed by atoms with E-state index in [9.17, 15) is 4.79 Å². The van der Waals surface area contributed by atoms with E-state index in [1.807, 2.05) is 18.3 Å². The topological polar surface area (TPSA) is 58.6 Å². The molecule has 2 heterocycles. The smallest absolute Gasteiger partial charge is 0.300 e. The van der Waals surface area contributed by atoms with Crippen molar-refractivity contribution in [1.29, 1.82) is 0 Å². The van der Waals surface area contributed by atoms with Crippen LogP contribution in [0, 0.1) is 0 Å². The lowest BCUT2D eigenvalue weighted by molar-refractivity contribution is 0.978. The van der Waals surface area contributed by atoms with E-state index in [0.717, 1.165) is 16.3 Å². The van der Waals surface area contributed by atoms with Gasteiger partial charge < -0.3 is 4.98 Å². The Morgan fingerprint density at radius 2 is 2.27 bits per heavy atom. The molecule has 0 saturated carbocycles. The first-order valence-corrected chi connectivity index (χ1v) is 5.40. The Morgan fingerprint density at radius 1 is 1.33 bits per heavy atom. The van der Waals surface area contributed by atoms with Crippen LogP contribution in [0.15, 0.2) is 46.6 Å². The molecule has 0 aromatic carbocycles. The number of nitrogens with one attached hydrogen (secondary N) is 1. The Morgan fingerprint density at radius 3 is 3.00 bits per heavy atom. The standard InChI is InChI=1S/C10H9N3OS/c14-10-12-5-3-9(13-10)15-7-8-2-1-4-11-6-8/h1-6H,7H2,(H,12,13,14). The molecule has 76 valence electrons. The molecular weight excluding hydrogens is 210 g/mol. The number of aromatic amines is 1. The van der Waals surface area contributed by atoms with Crippen molar-refractivity contribution in [2.45, 2.75) is 10.8 Å². The second-order valence-electron chi connectivity index (χ2n) is 2.89. The fraction of sp³-hybridized carbons (Fsp3) is 0.100. The predicted molar refractivity (Wildman–Crippen MR) is 58.7 cm³/mol. The van der Waals surface area contributed by atoms with Crippen LogP contribution >= 0.6 is 11.8 Å². The van der Waals surface area contributed by atoms with Gasteiger partial charge in [-0.05, 0) is 17.7 Å². The molecule has 4 nitrogen and oxygen atoms in total. The zero-order valence-electron chi connectivity index (χ0n) is 7.88. The van der Waals surface area contributed by atoms with Crippen LogP contribution < -0.4 is 5.69 Å². The quantitative estimate of drug-likeness (QED) is 0.627. The summed E-state index contributed by atoms with van der Waals surface area (Å²) < 4.78 is 0. The van der Waals surface area contributed by atoms with Gasteiger partial charge in [0.1, 0.15) is 0 Å². The molecule has 0 fully saturated rings. The molecule has 5 heteroatoms. The molecule has 2 aromatic rings. The first-order valence-electron chi connectivity index (χ1n) is 4.41. The molecular formula is C10H9N3OS. The molecule has 2 aromatic heterocycles. The lowest BCUT2D eigenvalue weighted by Crippen LogP contribution is -2.08. The third-order valence-corrected chi connectivity index (χ3v) is 2.79. The zero-order chi connectivity index (χ0) is 10.5. The lowest BCUT2D eigenvalue weighted by Gasteiger charge is -1.99. The molecule has 0 bridgehead atoms. The van der Waals surface area contributed by atoms with Gasteiger partial charge in [0.25, 0.3) is 0 Å². The second-order valence-corrected chi connectivity index (χ2v) is 3.91. The molecule has 15 heavy (non-hydrogen) atoms. The van der Waals surface area contributed by atoms with Crippen molar-refractivity contribution in [2.75, 3.05) is 0 Å². The first kappa shape index (κ1) is 9.92. The number of nitrogens with zero attached hydrogens (tertiary/aromatic N) is 2. The van der Waals surface area contributed by atoms with Crippen LogP contribution in [0.25, 0.3) is 0 Å². The molecule has 2 rings (SSSR count). The van der Waals surface area contributed by atoms with Crippen LogP contribution in [0.5, 0.6) is 0 Å². The number of hydrogen-bond acceptors (Lipinski definition) is 4. The van der Waals surface area contributed by atoms with E-state index in [-0.39, 0.29) is 5.69 Å². The van der Waals surface area contributed by atoms with Crippen molar-refractivity contribution >= 4 is 11.8 Å². The van der Waals surface area contributed by atoms with Crippen molar-refractivity contribution in [3.8, 4) is 0 Å². The van der Waals surface area contributed by atoms with Crippen molar-refractivity contribution < 1.29 is 0 Å². The lowest BCUT2D eigenvalue weighted by atomic mass is 10.3. The van der Waals surface area contributed by atoms with Crippen LogP contribution in [0.2, 0.25) is 0 Å².